The van der Waals surface area contributed by atoms with Crippen LogP contribution in [0.2, 0.25) is 10.0 Å². The summed E-state index contributed by atoms with van der Waals surface area (Å²) in [5.74, 6) is 0. The van der Waals surface area contributed by atoms with Crippen molar-refractivity contribution in [2.75, 3.05) is 19.8 Å². The van der Waals surface area contributed by atoms with Gasteiger partial charge in [0.05, 0.1) is 0 Å². The Balaban J connectivity index is 2.32. The van der Waals surface area contributed by atoms with E-state index in [9.17, 15) is 0 Å². The Kier molecular flexibility index (Phi) is 9.28. The molecule has 114 valence electrons. The molecule has 0 saturated carbocycles. The second kappa shape index (κ2) is 10.4. The third kappa shape index (κ3) is 6.45. The Hall–Kier alpha value is -0.280. The van der Waals surface area contributed by atoms with Gasteiger partial charge in [-0.05, 0) is 43.5 Å². The molecule has 0 aliphatic heterocycles. The van der Waals surface area contributed by atoms with E-state index >= 15 is 0 Å². The summed E-state index contributed by atoms with van der Waals surface area (Å²) >= 11 is 12.2. The SMILES string of the molecule is CCCCOCCCNC(CC)c1ccc(Cl)cc1Cl. The van der Waals surface area contributed by atoms with Crippen molar-refractivity contribution in [3.8, 4) is 0 Å². The summed E-state index contributed by atoms with van der Waals surface area (Å²) in [4.78, 5) is 0. The lowest BCUT2D eigenvalue weighted by atomic mass is 10.0. The molecule has 0 bridgehead atoms. The molecule has 1 atom stereocenters. The molecule has 1 aromatic carbocycles. The maximum Gasteiger partial charge on any atom is 0.0478 e. The third-order valence-corrected chi connectivity index (χ3v) is 3.81. The Morgan fingerprint density at radius 3 is 2.55 bits per heavy atom. The van der Waals surface area contributed by atoms with Crippen LogP contribution in [-0.4, -0.2) is 19.8 Å². The fraction of sp³-hybridized carbons (Fsp3) is 0.625. The highest BCUT2D eigenvalue weighted by Crippen LogP contribution is 2.27. The van der Waals surface area contributed by atoms with Gasteiger partial charge in [0, 0.05) is 29.3 Å². The number of benzene rings is 1. The monoisotopic (exact) mass is 317 g/mol. The van der Waals surface area contributed by atoms with Crippen molar-refractivity contribution in [2.24, 2.45) is 0 Å². The Bertz CT molecular complexity index is 385. The van der Waals surface area contributed by atoms with E-state index in [0.29, 0.717) is 5.02 Å². The van der Waals surface area contributed by atoms with Crippen LogP contribution in [0.3, 0.4) is 0 Å². The van der Waals surface area contributed by atoms with Crippen LogP contribution >= 0.6 is 23.2 Å². The Labute approximate surface area is 132 Å². The largest absolute Gasteiger partial charge is 0.381 e. The number of rotatable bonds is 10. The Morgan fingerprint density at radius 2 is 1.90 bits per heavy atom. The maximum atomic E-state index is 6.25. The van der Waals surface area contributed by atoms with Crippen LogP contribution in [0.5, 0.6) is 0 Å². The second-order valence-electron chi connectivity index (χ2n) is 4.90. The predicted molar refractivity (Wildman–Crippen MR) is 87.8 cm³/mol. The van der Waals surface area contributed by atoms with Crippen molar-refractivity contribution in [3.63, 3.8) is 0 Å². The molecular formula is C16H25Cl2NO. The smallest absolute Gasteiger partial charge is 0.0478 e. The van der Waals surface area contributed by atoms with Crippen LogP contribution in [0, 0.1) is 0 Å². The number of hydrogen-bond acceptors (Lipinski definition) is 2. The first-order valence-corrected chi connectivity index (χ1v) is 8.20. The standard InChI is InChI=1S/C16H25Cl2NO/c1-3-5-10-20-11-6-9-19-16(4-2)14-8-7-13(17)12-15(14)18/h7-8,12,16,19H,3-6,9-11H2,1-2H3. The highest BCUT2D eigenvalue weighted by Gasteiger charge is 2.12. The lowest BCUT2D eigenvalue weighted by molar-refractivity contribution is 0.128. The van der Waals surface area contributed by atoms with Gasteiger partial charge in [0.15, 0.2) is 0 Å². The molecule has 0 amide bonds. The molecule has 0 aliphatic rings. The number of unbranched alkanes of at least 4 members (excludes halogenated alkanes) is 1. The summed E-state index contributed by atoms with van der Waals surface area (Å²) in [7, 11) is 0. The summed E-state index contributed by atoms with van der Waals surface area (Å²) in [6.45, 7) is 6.95. The molecule has 0 aromatic heterocycles. The number of hydrogen-bond donors (Lipinski definition) is 1. The normalized spacial score (nSPS) is 12.6. The van der Waals surface area contributed by atoms with Gasteiger partial charge in [-0.15, -0.1) is 0 Å². The molecule has 20 heavy (non-hydrogen) atoms. The van der Waals surface area contributed by atoms with E-state index < -0.39 is 0 Å². The third-order valence-electron chi connectivity index (χ3n) is 3.24. The van der Waals surface area contributed by atoms with Gasteiger partial charge in [0.25, 0.3) is 0 Å². The molecule has 1 unspecified atom stereocenters. The Morgan fingerprint density at radius 1 is 1.15 bits per heavy atom. The van der Waals surface area contributed by atoms with Gasteiger partial charge in [-0.2, -0.15) is 0 Å². The van der Waals surface area contributed by atoms with E-state index in [2.05, 4.69) is 19.2 Å². The van der Waals surface area contributed by atoms with E-state index in [0.717, 1.165) is 49.6 Å². The molecular weight excluding hydrogens is 293 g/mol. The van der Waals surface area contributed by atoms with Crippen LogP contribution < -0.4 is 5.32 Å². The minimum absolute atomic E-state index is 0.274. The molecule has 0 radical (unpaired) electrons. The predicted octanol–water partition coefficient (Wildman–Crippen LogP) is 5.24. The van der Waals surface area contributed by atoms with Crippen molar-refractivity contribution in [1.29, 1.82) is 0 Å². The van der Waals surface area contributed by atoms with Crippen LogP contribution in [0.25, 0.3) is 0 Å². The molecule has 1 N–H and O–H groups in total. The van der Waals surface area contributed by atoms with E-state index in [1.165, 1.54) is 6.42 Å². The zero-order chi connectivity index (χ0) is 14.8. The highest BCUT2D eigenvalue weighted by atomic mass is 35.5. The van der Waals surface area contributed by atoms with Gasteiger partial charge in [0.2, 0.25) is 0 Å². The summed E-state index contributed by atoms with van der Waals surface area (Å²) in [6, 6.07) is 5.97. The average molecular weight is 318 g/mol. The molecule has 0 aliphatic carbocycles. The summed E-state index contributed by atoms with van der Waals surface area (Å²) in [6.07, 6.45) is 4.35. The summed E-state index contributed by atoms with van der Waals surface area (Å²) in [5, 5.41) is 4.94. The first-order chi connectivity index (χ1) is 9.69. The van der Waals surface area contributed by atoms with E-state index in [1.807, 2.05) is 12.1 Å². The summed E-state index contributed by atoms with van der Waals surface area (Å²) in [5.41, 5.74) is 1.12. The van der Waals surface area contributed by atoms with E-state index in [-0.39, 0.29) is 6.04 Å². The second-order valence-corrected chi connectivity index (χ2v) is 5.74. The lowest BCUT2D eigenvalue weighted by Gasteiger charge is -2.19. The molecule has 0 fully saturated rings. The van der Waals surface area contributed by atoms with Crippen LogP contribution in [0.4, 0.5) is 0 Å². The van der Waals surface area contributed by atoms with E-state index in [4.69, 9.17) is 27.9 Å². The zero-order valence-corrected chi connectivity index (χ0v) is 13.9. The van der Waals surface area contributed by atoms with Gasteiger partial charge >= 0.3 is 0 Å². The molecule has 0 spiro atoms. The first-order valence-electron chi connectivity index (χ1n) is 7.45. The van der Waals surface area contributed by atoms with Crippen molar-refractivity contribution in [3.05, 3.63) is 33.8 Å². The van der Waals surface area contributed by atoms with Crippen molar-refractivity contribution < 1.29 is 4.74 Å². The fourth-order valence-corrected chi connectivity index (χ4v) is 2.60. The quantitative estimate of drug-likeness (QED) is 0.596. The van der Waals surface area contributed by atoms with Crippen molar-refractivity contribution >= 4 is 23.2 Å². The molecule has 1 aromatic rings. The molecule has 0 saturated heterocycles. The van der Waals surface area contributed by atoms with Crippen LogP contribution in [0.15, 0.2) is 18.2 Å². The van der Waals surface area contributed by atoms with Crippen molar-refractivity contribution in [1.82, 2.24) is 5.32 Å². The van der Waals surface area contributed by atoms with Crippen LogP contribution in [-0.2, 0) is 4.74 Å². The minimum atomic E-state index is 0.274. The number of nitrogens with one attached hydrogen (secondary N) is 1. The zero-order valence-electron chi connectivity index (χ0n) is 12.4. The number of ether oxygens (including phenoxy) is 1. The summed E-state index contributed by atoms with van der Waals surface area (Å²) < 4.78 is 5.55. The maximum absolute atomic E-state index is 6.25. The van der Waals surface area contributed by atoms with Gasteiger partial charge in [0.1, 0.15) is 0 Å². The van der Waals surface area contributed by atoms with Gasteiger partial charge < -0.3 is 10.1 Å². The average Bonchev–Trinajstić information content (AvgIpc) is 2.43. The molecule has 4 heteroatoms. The highest BCUT2D eigenvalue weighted by molar-refractivity contribution is 6.35. The fourth-order valence-electron chi connectivity index (χ4n) is 2.06. The minimum Gasteiger partial charge on any atom is -0.381 e. The number of halogens is 2. The molecule has 2 nitrogen and oxygen atoms in total. The van der Waals surface area contributed by atoms with Gasteiger partial charge in [-0.3, -0.25) is 0 Å². The van der Waals surface area contributed by atoms with Crippen LogP contribution in [0.1, 0.15) is 51.1 Å². The van der Waals surface area contributed by atoms with Crippen molar-refractivity contribution in [2.45, 2.75) is 45.6 Å². The molecule has 1 rings (SSSR count). The molecule has 0 heterocycles. The van der Waals surface area contributed by atoms with E-state index in [1.54, 1.807) is 6.07 Å². The lowest BCUT2D eigenvalue weighted by Crippen LogP contribution is -2.23. The van der Waals surface area contributed by atoms with Gasteiger partial charge in [-0.25, -0.2) is 0 Å². The van der Waals surface area contributed by atoms with Gasteiger partial charge in [-0.1, -0.05) is 49.5 Å². The first kappa shape index (κ1) is 17.8. The topological polar surface area (TPSA) is 21.3 Å².